The number of aryl methyl sites for hydroxylation is 1. The third kappa shape index (κ3) is 2.95. The van der Waals surface area contributed by atoms with Gasteiger partial charge in [0, 0.05) is 16.7 Å². The monoisotopic (exact) mass is 264 g/mol. The lowest BCUT2D eigenvalue weighted by atomic mass is 10.1. The fourth-order valence-corrected chi connectivity index (χ4v) is 1.67. The Labute approximate surface area is 108 Å². The minimum Gasteiger partial charge on any atom is -0.449 e. The summed E-state index contributed by atoms with van der Waals surface area (Å²) in [6, 6.07) is 8.53. The van der Waals surface area contributed by atoms with Crippen molar-refractivity contribution < 1.29 is 14.6 Å². The molecule has 1 heterocycles. The van der Waals surface area contributed by atoms with Crippen LogP contribution in [0.1, 0.15) is 5.82 Å². The average Bonchev–Trinajstić information content (AvgIpc) is 2.27. The molecular weight excluding hydrogens is 256 g/mol. The first kappa shape index (κ1) is 12.3. The second-order valence-corrected chi connectivity index (χ2v) is 3.95. The summed E-state index contributed by atoms with van der Waals surface area (Å²) >= 11 is 5.89. The van der Waals surface area contributed by atoms with E-state index in [1.54, 1.807) is 25.1 Å². The van der Waals surface area contributed by atoms with Crippen molar-refractivity contribution in [2.45, 2.75) is 6.92 Å². The van der Waals surface area contributed by atoms with Crippen molar-refractivity contribution >= 4 is 17.8 Å². The summed E-state index contributed by atoms with van der Waals surface area (Å²) in [6.07, 6.45) is -1.41. The lowest BCUT2D eigenvalue weighted by Crippen LogP contribution is -2.06. The molecule has 2 aromatic rings. The average molecular weight is 265 g/mol. The van der Waals surface area contributed by atoms with Crippen LogP contribution in [0.4, 0.5) is 4.79 Å². The normalized spacial score (nSPS) is 10.1. The van der Waals surface area contributed by atoms with Crippen LogP contribution >= 0.6 is 11.6 Å². The predicted molar refractivity (Wildman–Crippen MR) is 65.9 cm³/mol. The van der Waals surface area contributed by atoms with Crippen molar-refractivity contribution in [3.8, 4) is 17.1 Å². The van der Waals surface area contributed by atoms with Gasteiger partial charge in [-0.1, -0.05) is 23.7 Å². The molecule has 5 nitrogen and oxygen atoms in total. The van der Waals surface area contributed by atoms with Gasteiger partial charge in [0.1, 0.15) is 5.82 Å². The summed E-state index contributed by atoms with van der Waals surface area (Å²) in [5.74, 6) is 0.411. The van der Waals surface area contributed by atoms with Crippen LogP contribution in [0.25, 0.3) is 11.3 Å². The van der Waals surface area contributed by atoms with E-state index >= 15 is 0 Å². The molecule has 6 heteroatoms. The van der Waals surface area contributed by atoms with Crippen molar-refractivity contribution in [2.24, 2.45) is 0 Å². The lowest BCUT2D eigenvalue weighted by Gasteiger charge is -2.05. The Morgan fingerprint density at radius 3 is 2.78 bits per heavy atom. The van der Waals surface area contributed by atoms with Crippen LogP contribution in [-0.2, 0) is 0 Å². The molecule has 0 atom stereocenters. The SMILES string of the molecule is Cc1nc(OC(=O)O)cc(-c2cccc(Cl)c2)n1. The highest BCUT2D eigenvalue weighted by Gasteiger charge is 2.08. The second-order valence-electron chi connectivity index (χ2n) is 3.52. The van der Waals surface area contributed by atoms with Crippen LogP contribution in [0, 0.1) is 6.92 Å². The van der Waals surface area contributed by atoms with Crippen LogP contribution in [0.5, 0.6) is 5.88 Å². The number of carbonyl (C=O) groups is 1. The van der Waals surface area contributed by atoms with E-state index < -0.39 is 6.16 Å². The molecule has 0 aliphatic carbocycles. The van der Waals surface area contributed by atoms with Gasteiger partial charge in [-0.25, -0.2) is 9.78 Å². The highest BCUT2D eigenvalue weighted by molar-refractivity contribution is 6.30. The van der Waals surface area contributed by atoms with Gasteiger partial charge in [0.25, 0.3) is 0 Å². The zero-order valence-electron chi connectivity index (χ0n) is 9.42. The molecule has 0 fully saturated rings. The summed E-state index contributed by atoms with van der Waals surface area (Å²) in [5, 5.41) is 9.13. The molecule has 0 spiro atoms. The van der Waals surface area contributed by atoms with Crippen LogP contribution in [0.3, 0.4) is 0 Å². The largest absolute Gasteiger partial charge is 0.512 e. The van der Waals surface area contributed by atoms with Crippen molar-refractivity contribution in [3.63, 3.8) is 0 Å². The quantitative estimate of drug-likeness (QED) is 0.844. The molecule has 0 radical (unpaired) electrons. The third-order valence-electron chi connectivity index (χ3n) is 2.13. The van der Waals surface area contributed by atoms with Gasteiger partial charge < -0.3 is 9.84 Å². The molecule has 0 unspecified atom stereocenters. The highest BCUT2D eigenvalue weighted by Crippen LogP contribution is 2.23. The van der Waals surface area contributed by atoms with E-state index in [-0.39, 0.29) is 5.88 Å². The molecule has 0 amide bonds. The highest BCUT2D eigenvalue weighted by atomic mass is 35.5. The number of hydrogen-bond acceptors (Lipinski definition) is 4. The molecule has 1 aromatic carbocycles. The smallest absolute Gasteiger partial charge is 0.449 e. The molecule has 1 N–H and O–H groups in total. The number of hydrogen-bond donors (Lipinski definition) is 1. The topological polar surface area (TPSA) is 72.3 Å². The number of halogens is 1. The Kier molecular flexibility index (Phi) is 3.43. The predicted octanol–water partition coefficient (Wildman–Crippen LogP) is 3.16. The number of benzene rings is 1. The van der Waals surface area contributed by atoms with Crippen molar-refractivity contribution in [1.82, 2.24) is 9.97 Å². The maximum Gasteiger partial charge on any atom is 0.512 e. The fraction of sp³-hybridized carbons (Fsp3) is 0.0833. The summed E-state index contributed by atoms with van der Waals surface area (Å²) in [6.45, 7) is 1.66. The van der Waals surface area contributed by atoms with Crippen LogP contribution < -0.4 is 4.74 Å². The molecule has 0 bridgehead atoms. The van der Waals surface area contributed by atoms with Gasteiger partial charge in [0.2, 0.25) is 5.88 Å². The Bertz CT molecular complexity index is 602. The number of carboxylic acid groups (broad SMARTS) is 1. The van der Waals surface area contributed by atoms with E-state index in [0.29, 0.717) is 16.5 Å². The molecule has 92 valence electrons. The molecule has 0 aliphatic heterocycles. The van der Waals surface area contributed by atoms with E-state index in [9.17, 15) is 4.79 Å². The molecule has 1 aromatic heterocycles. The third-order valence-corrected chi connectivity index (χ3v) is 2.36. The van der Waals surface area contributed by atoms with Crippen molar-refractivity contribution in [2.75, 3.05) is 0 Å². The van der Waals surface area contributed by atoms with Gasteiger partial charge in [0.15, 0.2) is 0 Å². The molecular formula is C12H9ClN2O3. The maximum atomic E-state index is 10.5. The van der Waals surface area contributed by atoms with Gasteiger partial charge in [0.05, 0.1) is 5.69 Å². The minimum absolute atomic E-state index is 0.00928. The van der Waals surface area contributed by atoms with Crippen LogP contribution in [-0.4, -0.2) is 21.2 Å². The Hall–Kier alpha value is -2.14. The first-order valence-electron chi connectivity index (χ1n) is 5.07. The maximum absolute atomic E-state index is 10.5. The Balaban J connectivity index is 2.44. The Morgan fingerprint density at radius 1 is 1.33 bits per heavy atom. The molecule has 0 saturated carbocycles. The first-order chi connectivity index (χ1) is 8.54. The van der Waals surface area contributed by atoms with Crippen LogP contribution in [0.2, 0.25) is 5.02 Å². The summed E-state index contributed by atoms with van der Waals surface area (Å²) in [4.78, 5) is 18.6. The zero-order chi connectivity index (χ0) is 13.1. The fourth-order valence-electron chi connectivity index (χ4n) is 1.48. The zero-order valence-corrected chi connectivity index (χ0v) is 10.2. The van der Waals surface area contributed by atoms with E-state index in [1.165, 1.54) is 6.07 Å². The van der Waals surface area contributed by atoms with Crippen molar-refractivity contribution in [3.05, 3.63) is 41.2 Å². The van der Waals surface area contributed by atoms with E-state index in [0.717, 1.165) is 5.56 Å². The van der Waals surface area contributed by atoms with Gasteiger partial charge >= 0.3 is 6.16 Å². The standard InChI is InChI=1S/C12H9ClN2O3/c1-7-14-10(6-11(15-7)18-12(16)17)8-3-2-4-9(13)5-8/h2-6H,1H3,(H,16,17). The molecule has 0 aliphatic rings. The molecule has 18 heavy (non-hydrogen) atoms. The van der Waals surface area contributed by atoms with Gasteiger partial charge in [-0.2, -0.15) is 4.98 Å². The first-order valence-corrected chi connectivity index (χ1v) is 5.45. The van der Waals surface area contributed by atoms with Gasteiger partial charge in [-0.15, -0.1) is 0 Å². The number of ether oxygens (including phenoxy) is 1. The summed E-state index contributed by atoms with van der Waals surface area (Å²) < 4.78 is 4.52. The summed E-state index contributed by atoms with van der Waals surface area (Å²) in [7, 11) is 0. The molecule has 0 saturated heterocycles. The van der Waals surface area contributed by atoms with E-state index in [4.69, 9.17) is 16.7 Å². The number of nitrogens with zero attached hydrogens (tertiary/aromatic N) is 2. The number of rotatable bonds is 2. The summed E-state index contributed by atoms with van der Waals surface area (Å²) in [5.41, 5.74) is 1.32. The Morgan fingerprint density at radius 2 is 2.11 bits per heavy atom. The van der Waals surface area contributed by atoms with E-state index in [1.807, 2.05) is 6.07 Å². The lowest BCUT2D eigenvalue weighted by molar-refractivity contribution is 0.142. The molecule has 2 rings (SSSR count). The van der Waals surface area contributed by atoms with Crippen molar-refractivity contribution in [1.29, 1.82) is 0 Å². The van der Waals surface area contributed by atoms with E-state index in [2.05, 4.69) is 14.7 Å². The van der Waals surface area contributed by atoms with Gasteiger partial charge in [-0.05, 0) is 19.1 Å². The van der Waals surface area contributed by atoms with Gasteiger partial charge in [-0.3, -0.25) is 0 Å². The second kappa shape index (κ2) is 5.01. The minimum atomic E-state index is -1.41. The van der Waals surface area contributed by atoms with Crippen LogP contribution in [0.15, 0.2) is 30.3 Å². The number of aromatic nitrogens is 2.